The molecule has 122 valence electrons. The highest BCUT2D eigenvalue weighted by Crippen LogP contribution is 2.12. The number of benzene rings is 1. The summed E-state index contributed by atoms with van der Waals surface area (Å²) in [7, 11) is -4.45. The summed E-state index contributed by atoms with van der Waals surface area (Å²) in [6, 6.07) is 7.65. The third-order valence-corrected chi connectivity index (χ3v) is 3.90. The Morgan fingerprint density at radius 3 is 2.36 bits per heavy atom. The number of ether oxygens (including phenoxy) is 1. The van der Waals surface area contributed by atoms with E-state index >= 15 is 0 Å². The highest BCUT2D eigenvalue weighted by atomic mass is 32.2. The van der Waals surface area contributed by atoms with E-state index in [0.29, 0.717) is 6.42 Å². The molecule has 0 N–H and O–H groups in total. The molecule has 0 aliphatic heterocycles. The van der Waals surface area contributed by atoms with E-state index in [1.807, 2.05) is 0 Å². The molecule has 0 aliphatic carbocycles. The maximum absolute atomic E-state index is 11.6. The van der Waals surface area contributed by atoms with Crippen LogP contribution in [0.2, 0.25) is 0 Å². The van der Waals surface area contributed by atoms with Gasteiger partial charge < -0.3 is 8.92 Å². The smallest absolute Gasteiger partial charge is 0.377 e. The number of para-hydroxylation sites is 1. The van der Waals surface area contributed by atoms with Crippen molar-refractivity contribution in [2.75, 3.05) is 6.61 Å². The fourth-order valence-electron chi connectivity index (χ4n) is 1.63. The molecule has 0 unspecified atom stereocenters. The van der Waals surface area contributed by atoms with Crippen LogP contribution in [0.4, 0.5) is 0 Å². The number of rotatable bonds is 9. The predicted molar refractivity (Wildman–Crippen MR) is 80.7 cm³/mol. The lowest BCUT2D eigenvalue weighted by atomic mass is 10.2. The third kappa shape index (κ3) is 6.71. The van der Waals surface area contributed by atoms with Gasteiger partial charge in [0.25, 0.3) is 0 Å². The van der Waals surface area contributed by atoms with Gasteiger partial charge in [-0.3, -0.25) is 9.59 Å². The van der Waals surface area contributed by atoms with Gasteiger partial charge in [0.2, 0.25) is 0 Å². The van der Waals surface area contributed by atoms with Crippen LogP contribution >= 0.6 is 0 Å². The number of hydrogen-bond acceptors (Lipinski definition) is 6. The molecule has 7 heteroatoms. The summed E-state index contributed by atoms with van der Waals surface area (Å²) in [4.78, 5) is 22.9. The lowest BCUT2D eigenvalue weighted by molar-refractivity contribution is -0.146. The monoisotopic (exact) mass is 328 g/mol. The first kappa shape index (κ1) is 18.2. The minimum absolute atomic E-state index is 0.0294. The van der Waals surface area contributed by atoms with Crippen LogP contribution < -0.4 is 4.18 Å². The maximum atomic E-state index is 11.6. The zero-order valence-electron chi connectivity index (χ0n) is 12.5. The van der Waals surface area contributed by atoms with Crippen LogP contribution in [-0.4, -0.2) is 26.1 Å². The molecule has 6 nitrogen and oxygen atoms in total. The molecule has 1 aromatic rings. The second-order valence-corrected chi connectivity index (χ2v) is 6.22. The van der Waals surface area contributed by atoms with Gasteiger partial charge in [-0.25, -0.2) is 0 Å². The van der Waals surface area contributed by atoms with Gasteiger partial charge in [-0.1, -0.05) is 44.4 Å². The lowest BCUT2D eigenvalue weighted by Crippen LogP contribution is -2.26. The maximum Gasteiger partial charge on any atom is 0.377 e. The van der Waals surface area contributed by atoms with E-state index in [0.717, 1.165) is 19.3 Å². The van der Waals surface area contributed by atoms with Crippen LogP contribution in [0.5, 0.6) is 5.75 Å². The minimum Gasteiger partial charge on any atom is -0.456 e. The molecule has 22 heavy (non-hydrogen) atoms. The number of hydrogen-bond donors (Lipinski definition) is 0. The van der Waals surface area contributed by atoms with Crippen LogP contribution in [0, 0.1) is 0 Å². The number of carbonyl (C=O) groups excluding carboxylic acids is 2. The van der Waals surface area contributed by atoms with E-state index in [1.165, 1.54) is 12.1 Å². The molecule has 1 aromatic carbocycles. The second-order valence-electron chi connectivity index (χ2n) is 4.69. The Kier molecular flexibility index (Phi) is 7.59. The summed E-state index contributed by atoms with van der Waals surface area (Å²) in [5, 5.41) is -1.28. The van der Waals surface area contributed by atoms with Crippen molar-refractivity contribution in [1.29, 1.82) is 0 Å². The average molecular weight is 328 g/mol. The van der Waals surface area contributed by atoms with Crippen molar-refractivity contribution in [3.8, 4) is 5.75 Å². The largest absolute Gasteiger partial charge is 0.456 e. The van der Waals surface area contributed by atoms with Crippen molar-refractivity contribution in [1.82, 2.24) is 0 Å². The van der Waals surface area contributed by atoms with Gasteiger partial charge in [-0.05, 0) is 18.6 Å². The Bertz CT molecular complexity index is 579. The SMILES string of the molecule is CCCCCCC(=O)OCC(=O)S(=O)(=O)Oc1ccccc1. The van der Waals surface area contributed by atoms with Gasteiger partial charge in [-0.15, -0.1) is 0 Å². The first-order chi connectivity index (χ1) is 10.5. The summed E-state index contributed by atoms with van der Waals surface area (Å²) in [5.74, 6) is -0.555. The van der Waals surface area contributed by atoms with Crippen molar-refractivity contribution >= 4 is 21.2 Å². The van der Waals surface area contributed by atoms with E-state index in [1.54, 1.807) is 18.2 Å². The van der Waals surface area contributed by atoms with Crippen LogP contribution in [-0.2, 0) is 24.4 Å². The second kappa shape index (κ2) is 9.19. The van der Waals surface area contributed by atoms with Crippen molar-refractivity contribution in [3.63, 3.8) is 0 Å². The van der Waals surface area contributed by atoms with Gasteiger partial charge in [0.05, 0.1) is 0 Å². The molecule has 0 heterocycles. The normalized spacial score (nSPS) is 11.0. The van der Waals surface area contributed by atoms with Crippen LogP contribution in [0.1, 0.15) is 39.0 Å². The van der Waals surface area contributed by atoms with Crippen molar-refractivity contribution in [2.45, 2.75) is 39.0 Å². The molecule has 0 fully saturated rings. The number of carbonyl (C=O) groups is 2. The Morgan fingerprint density at radius 1 is 1.05 bits per heavy atom. The molecular formula is C15H20O6S. The fraction of sp³-hybridized carbons (Fsp3) is 0.467. The molecule has 0 saturated carbocycles. The first-order valence-electron chi connectivity index (χ1n) is 7.13. The zero-order valence-corrected chi connectivity index (χ0v) is 13.3. The third-order valence-electron chi connectivity index (χ3n) is 2.81. The van der Waals surface area contributed by atoms with Gasteiger partial charge >= 0.3 is 21.2 Å². The van der Waals surface area contributed by atoms with Crippen molar-refractivity contribution in [3.05, 3.63) is 30.3 Å². The van der Waals surface area contributed by atoms with E-state index in [-0.39, 0.29) is 12.2 Å². The molecule has 0 amide bonds. The summed E-state index contributed by atoms with van der Waals surface area (Å²) in [5.41, 5.74) is 0. The van der Waals surface area contributed by atoms with E-state index in [9.17, 15) is 18.0 Å². The molecule has 0 spiro atoms. The summed E-state index contributed by atoms with van der Waals surface area (Å²) >= 11 is 0. The van der Waals surface area contributed by atoms with Crippen LogP contribution in [0.25, 0.3) is 0 Å². The molecule has 0 aromatic heterocycles. The van der Waals surface area contributed by atoms with Crippen LogP contribution in [0.15, 0.2) is 30.3 Å². The zero-order chi connectivity index (χ0) is 16.4. The Morgan fingerprint density at radius 2 is 1.73 bits per heavy atom. The average Bonchev–Trinajstić information content (AvgIpc) is 2.49. The molecule has 1 rings (SSSR count). The van der Waals surface area contributed by atoms with Crippen LogP contribution in [0.3, 0.4) is 0 Å². The van der Waals surface area contributed by atoms with Gasteiger partial charge in [0, 0.05) is 6.42 Å². The molecule has 0 saturated heterocycles. The molecule has 0 atom stereocenters. The molecular weight excluding hydrogens is 308 g/mol. The molecule has 0 aliphatic rings. The Labute approximate surface area is 130 Å². The lowest BCUT2D eigenvalue weighted by Gasteiger charge is -2.06. The highest BCUT2D eigenvalue weighted by molar-refractivity contribution is 8.02. The molecule has 0 bridgehead atoms. The first-order valence-corrected chi connectivity index (χ1v) is 8.54. The predicted octanol–water partition coefficient (Wildman–Crippen LogP) is 2.44. The fourth-order valence-corrected chi connectivity index (χ4v) is 2.29. The van der Waals surface area contributed by atoms with Crippen molar-refractivity contribution < 1.29 is 26.9 Å². The van der Waals surface area contributed by atoms with E-state index in [2.05, 4.69) is 15.8 Å². The van der Waals surface area contributed by atoms with E-state index < -0.39 is 27.8 Å². The summed E-state index contributed by atoms with van der Waals surface area (Å²) in [6.07, 6.45) is 3.80. The Hall–Kier alpha value is -1.89. The number of esters is 1. The van der Waals surface area contributed by atoms with E-state index in [4.69, 9.17) is 0 Å². The number of unbranched alkanes of at least 4 members (excludes halogenated alkanes) is 3. The minimum atomic E-state index is -4.45. The molecule has 0 radical (unpaired) electrons. The van der Waals surface area contributed by atoms with Crippen molar-refractivity contribution in [2.24, 2.45) is 0 Å². The Balaban J connectivity index is 2.39. The van der Waals surface area contributed by atoms with Gasteiger partial charge in [0.1, 0.15) is 5.75 Å². The van der Waals surface area contributed by atoms with Gasteiger partial charge in [-0.2, -0.15) is 8.42 Å². The quantitative estimate of drug-likeness (QED) is 0.393. The summed E-state index contributed by atoms with van der Waals surface area (Å²) < 4.78 is 32.6. The van der Waals surface area contributed by atoms with Gasteiger partial charge in [0.15, 0.2) is 6.61 Å². The standard InChI is InChI=1S/C15H20O6S/c1-2-3-4-8-11-14(16)20-12-15(17)22(18,19)21-13-9-6-5-7-10-13/h5-7,9-10H,2-4,8,11-12H2,1H3. The topological polar surface area (TPSA) is 86.7 Å². The highest BCUT2D eigenvalue weighted by Gasteiger charge is 2.25. The summed E-state index contributed by atoms with van der Waals surface area (Å²) in [6.45, 7) is 1.22.